The van der Waals surface area contributed by atoms with E-state index in [0.717, 1.165) is 5.75 Å². The Morgan fingerprint density at radius 2 is 2.06 bits per heavy atom. The average Bonchev–Trinajstić information content (AvgIpc) is 2.50. The zero-order valence-electron chi connectivity index (χ0n) is 9.83. The first-order chi connectivity index (χ1) is 7.83. The maximum Gasteiger partial charge on any atom is 0.143 e. The maximum absolute atomic E-state index is 6.13. The number of fused-ring (bicyclic) bond motifs is 2. The summed E-state index contributed by atoms with van der Waals surface area (Å²) in [5.41, 5.74) is 2.45. The van der Waals surface area contributed by atoms with E-state index in [1.165, 1.54) is 43.4 Å². The molecule has 1 aliphatic carbocycles. The summed E-state index contributed by atoms with van der Waals surface area (Å²) in [5, 5.41) is 3.64. The van der Waals surface area contributed by atoms with Gasteiger partial charge in [0.1, 0.15) is 11.9 Å². The summed E-state index contributed by atoms with van der Waals surface area (Å²) < 4.78 is 6.13. The Morgan fingerprint density at radius 3 is 3.00 bits per heavy atom. The number of hydrogen-bond acceptors (Lipinski definition) is 2. The highest BCUT2D eigenvalue weighted by Crippen LogP contribution is 2.36. The molecule has 16 heavy (non-hydrogen) atoms. The lowest BCUT2D eigenvalue weighted by atomic mass is 10.0. The van der Waals surface area contributed by atoms with Gasteiger partial charge in [-0.3, -0.25) is 0 Å². The number of aryl methyl sites for hydroxylation is 1. The molecule has 1 saturated carbocycles. The third-order valence-corrected chi connectivity index (χ3v) is 3.71. The Bertz CT molecular complexity index is 388. The molecule has 1 fully saturated rings. The molecule has 0 radical (unpaired) electrons. The summed E-state index contributed by atoms with van der Waals surface area (Å²) in [6.45, 7) is 2.11. The molecule has 0 aromatic heterocycles. The molecular weight excluding hydrogens is 198 g/mol. The fraction of sp³-hybridized carbons (Fsp3) is 0.571. The number of hydrogen-bond donors (Lipinski definition) is 1. The first kappa shape index (κ1) is 10.0. The van der Waals surface area contributed by atoms with Gasteiger partial charge in [-0.25, -0.2) is 0 Å². The van der Waals surface area contributed by atoms with Crippen molar-refractivity contribution in [3.8, 4) is 5.75 Å². The third-order valence-electron chi connectivity index (χ3n) is 3.71. The van der Waals surface area contributed by atoms with Crippen molar-refractivity contribution >= 4 is 5.69 Å². The van der Waals surface area contributed by atoms with E-state index in [4.69, 9.17) is 4.74 Å². The molecule has 1 aliphatic heterocycles. The van der Waals surface area contributed by atoms with E-state index in [-0.39, 0.29) is 0 Å². The molecule has 1 aromatic rings. The van der Waals surface area contributed by atoms with Crippen LogP contribution in [-0.2, 0) is 0 Å². The molecule has 2 atom stereocenters. The van der Waals surface area contributed by atoms with E-state index in [2.05, 4.69) is 30.4 Å². The summed E-state index contributed by atoms with van der Waals surface area (Å²) in [5.74, 6) is 1.04. The van der Waals surface area contributed by atoms with Crippen molar-refractivity contribution in [2.75, 3.05) is 5.32 Å². The Labute approximate surface area is 97.0 Å². The minimum atomic E-state index is 0.386. The van der Waals surface area contributed by atoms with Gasteiger partial charge in [0, 0.05) is 0 Å². The topological polar surface area (TPSA) is 21.3 Å². The molecule has 2 unspecified atom stereocenters. The van der Waals surface area contributed by atoms with Crippen LogP contribution in [0.15, 0.2) is 18.2 Å². The molecule has 2 heteroatoms. The number of rotatable bonds is 0. The quantitative estimate of drug-likeness (QED) is 0.718. The van der Waals surface area contributed by atoms with Crippen molar-refractivity contribution in [2.45, 2.75) is 51.2 Å². The summed E-state index contributed by atoms with van der Waals surface area (Å²) in [4.78, 5) is 0. The fourth-order valence-corrected chi connectivity index (χ4v) is 2.79. The van der Waals surface area contributed by atoms with Gasteiger partial charge in [0.05, 0.1) is 11.7 Å². The monoisotopic (exact) mass is 217 g/mol. The predicted octanol–water partition coefficient (Wildman–Crippen LogP) is 3.50. The van der Waals surface area contributed by atoms with Gasteiger partial charge >= 0.3 is 0 Å². The molecular formula is C14H19NO. The third kappa shape index (κ3) is 1.77. The van der Waals surface area contributed by atoms with E-state index >= 15 is 0 Å². The highest BCUT2D eigenvalue weighted by atomic mass is 16.5. The van der Waals surface area contributed by atoms with E-state index in [9.17, 15) is 0 Å². The number of nitrogens with one attached hydrogen (secondary N) is 1. The Morgan fingerprint density at radius 1 is 1.19 bits per heavy atom. The summed E-state index contributed by atoms with van der Waals surface area (Å²) in [6.07, 6.45) is 6.83. The van der Waals surface area contributed by atoms with Crippen LogP contribution in [0.2, 0.25) is 0 Å². The second kappa shape index (κ2) is 4.00. The minimum absolute atomic E-state index is 0.386. The van der Waals surface area contributed by atoms with E-state index in [1.807, 2.05) is 0 Å². The van der Waals surface area contributed by atoms with Gasteiger partial charge in [-0.1, -0.05) is 18.9 Å². The van der Waals surface area contributed by atoms with Gasteiger partial charge < -0.3 is 10.1 Å². The van der Waals surface area contributed by atoms with Crippen LogP contribution in [0, 0.1) is 6.92 Å². The van der Waals surface area contributed by atoms with Gasteiger partial charge in [-0.2, -0.15) is 0 Å². The lowest BCUT2D eigenvalue weighted by Crippen LogP contribution is -2.40. The summed E-state index contributed by atoms with van der Waals surface area (Å²) >= 11 is 0. The van der Waals surface area contributed by atoms with Gasteiger partial charge in [0.25, 0.3) is 0 Å². The minimum Gasteiger partial charge on any atom is -0.486 e. The largest absolute Gasteiger partial charge is 0.486 e. The first-order valence-electron chi connectivity index (χ1n) is 6.37. The van der Waals surface area contributed by atoms with Gasteiger partial charge in [0.2, 0.25) is 0 Å². The van der Waals surface area contributed by atoms with Crippen molar-refractivity contribution in [1.29, 1.82) is 0 Å². The molecule has 0 saturated heterocycles. The zero-order chi connectivity index (χ0) is 11.0. The first-order valence-corrected chi connectivity index (χ1v) is 6.37. The summed E-state index contributed by atoms with van der Waals surface area (Å²) in [7, 11) is 0. The standard InChI is InChI=1S/C14H19NO/c1-10-7-8-12-14(9-10)16-13-6-4-2-3-5-11(13)15-12/h7-9,11,13,15H,2-6H2,1H3. The van der Waals surface area contributed by atoms with Crippen molar-refractivity contribution in [2.24, 2.45) is 0 Å². The van der Waals surface area contributed by atoms with Crippen LogP contribution in [0.5, 0.6) is 5.75 Å². The molecule has 86 valence electrons. The van der Waals surface area contributed by atoms with Gasteiger partial charge in [-0.05, 0) is 43.9 Å². The van der Waals surface area contributed by atoms with Crippen molar-refractivity contribution in [1.82, 2.24) is 0 Å². The Kier molecular flexibility index (Phi) is 2.50. The molecule has 1 N–H and O–H groups in total. The molecule has 3 rings (SSSR count). The lowest BCUT2D eigenvalue weighted by molar-refractivity contribution is 0.160. The normalized spacial score (nSPS) is 28.1. The second-order valence-corrected chi connectivity index (χ2v) is 5.04. The Hall–Kier alpha value is -1.18. The smallest absolute Gasteiger partial charge is 0.143 e. The molecule has 0 amide bonds. The van der Waals surface area contributed by atoms with Gasteiger partial charge in [-0.15, -0.1) is 0 Å². The van der Waals surface area contributed by atoms with Gasteiger partial charge in [0.15, 0.2) is 0 Å². The predicted molar refractivity (Wildman–Crippen MR) is 66.1 cm³/mol. The van der Waals surface area contributed by atoms with E-state index < -0.39 is 0 Å². The SMILES string of the molecule is Cc1ccc2c(c1)OC1CCCCCC1N2. The number of anilines is 1. The summed E-state index contributed by atoms with van der Waals surface area (Å²) in [6, 6.07) is 6.96. The molecule has 1 heterocycles. The van der Waals surface area contributed by atoms with Crippen LogP contribution in [0.25, 0.3) is 0 Å². The average molecular weight is 217 g/mol. The highest BCUT2D eigenvalue weighted by Gasteiger charge is 2.30. The van der Waals surface area contributed by atoms with Crippen molar-refractivity contribution in [3.63, 3.8) is 0 Å². The van der Waals surface area contributed by atoms with Crippen LogP contribution in [0.4, 0.5) is 5.69 Å². The number of benzene rings is 1. The molecule has 1 aromatic carbocycles. The molecule has 2 aliphatic rings. The second-order valence-electron chi connectivity index (χ2n) is 5.04. The fourth-order valence-electron chi connectivity index (χ4n) is 2.79. The highest BCUT2D eigenvalue weighted by molar-refractivity contribution is 5.60. The van der Waals surface area contributed by atoms with Crippen molar-refractivity contribution < 1.29 is 4.74 Å². The van der Waals surface area contributed by atoms with Crippen molar-refractivity contribution in [3.05, 3.63) is 23.8 Å². The van der Waals surface area contributed by atoms with Crippen LogP contribution < -0.4 is 10.1 Å². The van der Waals surface area contributed by atoms with E-state index in [1.54, 1.807) is 0 Å². The molecule has 2 nitrogen and oxygen atoms in total. The maximum atomic E-state index is 6.13. The van der Waals surface area contributed by atoms with Crippen LogP contribution in [0.3, 0.4) is 0 Å². The Balaban J connectivity index is 1.89. The zero-order valence-corrected chi connectivity index (χ0v) is 9.83. The van der Waals surface area contributed by atoms with Crippen LogP contribution in [-0.4, -0.2) is 12.1 Å². The van der Waals surface area contributed by atoms with E-state index in [0.29, 0.717) is 12.1 Å². The lowest BCUT2D eigenvalue weighted by Gasteiger charge is -2.34. The van der Waals surface area contributed by atoms with Crippen LogP contribution in [0.1, 0.15) is 37.7 Å². The van der Waals surface area contributed by atoms with Crippen LogP contribution >= 0.6 is 0 Å². The molecule has 0 bridgehead atoms. The number of ether oxygens (including phenoxy) is 1. The molecule has 0 spiro atoms.